The minimum absolute atomic E-state index is 1.24. The lowest BCUT2D eigenvalue weighted by molar-refractivity contribution is 1.65. The van der Waals surface area contributed by atoms with Crippen molar-refractivity contribution in [3.05, 3.63) is 182 Å². The maximum atomic E-state index is 2.44. The van der Waals surface area contributed by atoms with Gasteiger partial charge in [-0.2, -0.15) is 0 Å². The van der Waals surface area contributed by atoms with Gasteiger partial charge in [0.05, 0.1) is 0 Å². The van der Waals surface area contributed by atoms with Crippen LogP contribution in [0.2, 0.25) is 0 Å². The summed E-state index contributed by atoms with van der Waals surface area (Å²) in [7, 11) is 0. The monoisotopic (exact) mass is 654 g/mol. The van der Waals surface area contributed by atoms with Crippen molar-refractivity contribution in [2.45, 2.75) is 0 Å². The number of benzene rings is 12. The van der Waals surface area contributed by atoms with Gasteiger partial charge in [0.15, 0.2) is 0 Å². The number of hydrogen-bond donors (Lipinski definition) is 0. The van der Waals surface area contributed by atoms with Gasteiger partial charge in [0.1, 0.15) is 0 Å². The van der Waals surface area contributed by atoms with Gasteiger partial charge in [0.25, 0.3) is 0 Å². The molecule has 0 heteroatoms. The van der Waals surface area contributed by atoms with E-state index in [1.807, 2.05) is 0 Å². The van der Waals surface area contributed by atoms with Crippen LogP contribution in [0.15, 0.2) is 182 Å². The molecular formula is C52H30. The molecule has 0 N–H and O–H groups in total. The summed E-state index contributed by atoms with van der Waals surface area (Å²) in [6.07, 6.45) is 0. The lowest BCUT2D eigenvalue weighted by Crippen LogP contribution is -1.91. The number of hydrogen-bond acceptors (Lipinski definition) is 0. The molecule has 0 aliphatic heterocycles. The van der Waals surface area contributed by atoms with E-state index in [1.54, 1.807) is 0 Å². The highest BCUT2D eigenvalue weighted by Gasteiger charge is 2.18. The molecule has 12 aromatic carbocycles. The summed E-state index contributed by atoms with van der Waals surface area (Å²) in [5, 5.41) is 20.8. The highest BCUT2D eigenvalue weighted by atomic mass is 14.2. The van der Waals surface area contributed by atoms with Crippen LogP contribution in [0.1, 0.15) is 0 Å². The first-order chi connectivity index (χ1) is 25.8. The van der Waals surface area contributed by atoms with E-state index in [2.05, 4.69) is 182 Å². The van der Waals surface area contributed by atoms with E-state index in [9.17, 15) is 0 Å². The van der Waals surface area contributed by atoms with E-state index < -0.39 is 0 Å². The molecule has 0 spiro atoms. The zero-order valence-electron chi connectivity index (χ0n) is 28.3. The summed E-state index contributed by atoms with van der Waals surface area (Å²) in [4.78, 5) is 0. The lowest BCUT2D eigenvalue weighted by atomic mass is 9.85. The first-order valence-corrected chi connectivity index (χ1v) is 18.2. The van der Waals surface area contributed by atoms with E-state index in [0.29, 0.717) is 0 Å². The first-order valence-electron chi connectivity index (χ1n) is 18.2. The first kappa shape index (κ1) is 28.0. The third kappa shape index (κ3) is 3.81. The molecule has 0 radical (unpaired) electrons. The minimum atomic E-state index is 1.24. The molecule has 238 valence electrons. The molecule has 52 heavy (non-hydrogen) atoms. The highest BCUT2D eigenvalue weighted by Crippen LogP contribution is 2.46. The van der Waals surface area contributed by atoms with E-state index in [4.69, 9.17) is 0 Å². The molecule has 0 aliphatic carbocycles. The molecule has 0 saturated heterocycles. The Hall–Kier alpha value is -6.76. The van der Waals surface area contributed by atoms with Gasteiger partial charge in [0.2, 0.25) is 0 Å². The summed E-state index contributed by atoms with van der Waals surface area (Å²) in [5.41, 5.74) is 7.58. The number of fused-ring (bicyclic) bond motifs is 2. The molecule has 0 aliphatic rings. The Morgan fingerprint density at radius 3 is 1.17 bits per heavy atom. The van der Waals surface area contributed by atoms with E-state index >= 15 is 0 Å². The predicted molar refractivity (Wildman–Crippen MR) is 225 cm³/mol. The minimum Gasteiger partial charge on any atom is -0.0616 e. The maximum absolute atomic E-state index is 2.44. The van der Waals surface area contributed by atoms with Gasteiger partial charge in [-0.3, -0.25) is 0 Å². The second-order valence-electron chi connectivity index (χ2n) is 14.4. The molecule has 0 fully saturated rings. The third-order valence-corrected chi connectivity index (χ3v) is 11.7. The molecule has 0 atom stereocenters. The van der Waals surface area contributed by atoms with Gasteiger partial charge in [-0.25, -0.2) is 0 Å². The average Bonchev–Trinajstić information content (AvgIpc) is 3.21. The fourth-order valence-electron chi connectivity index (χ4n) is 9.41. The van der Waals surface area contributed by atoms with Crippen molar-refractivity contribution in [3.63, 3.8) is 0 Å². The molecule has 0 bridgehead atoms. The molecule has 12 rings (SSSR count). The van der Waals surface area contributed by atoms with Gasteiger partial charge in [-0.15, -0.1) is 0 Å². The van der Waals surface area contributed by atoms with Crippen LogP contribution >= 0.6 is 0 Å². The summed E-state index contributed by atoms with van der Waals surface area (Å²) in [6, 6.07) is 68.2. The van der Waals surface area contributed by atoms with Gasteiger partial charge < -0.3 is 0 Å². The van der Waals surface area contributed by atoms with Crippen molar-refractivity contribution in [2.24, 2.45) is 0 Å². The summed E-state index contributed by atoms with van der Waals surface area (Å²) >= 11 is 0. The van der Waals surface area contributed by atoms with E-state index in [-0.39, 0.29) is 0 Å². The third-order valence-electron chi connectivity index (χ3n) is 11.7. The van der Waals surface area contributed by atoms with Gasteiger partial charge >= 0.3 is 0 Å². The van der Waals surface area contributed by atoms with Crippen LogP contribution in [-0.4, -0.2) is 0 Å². The molecule has 0 heterocycles. The highest BCUT2D eigenvalue weighted by molar-refractivity contribution is 6.27. The average molecular weight is 655 g/mol. The Labute approximate surface area is 300 Å². The molecule has 0 saturated carbocycles. The van der Waals surface area contributed by atoms with E-state index in [0.717, 1.165) is 0 Å². The van der Waals surface area contributed by atoms with Crippen LogP contribution in [-0.2, 0) is 0 Å². The topological polar surface area (TPSA) is 0 Å². The zero-order chi connectivity index (χ0) is 33.9. The van der Waals surface area contributed by atoms with Gasteiger partial charge in [-0.1, -0.05) is 170 Å². The summed E-state index contributed by atoms with van der Waals surface area (Å²) in [6.45, 7) is 0. The molecule has 0 aromatic heterocycles. The summed E-state index contributed by atoms with van der Waals surface area (Å²) in [5.74, 6) is 0. The second-order valence-corrected chi connectivity index (χ2v) is 14.4. The quantitative estimate of drug-likeness (QED) is 0.166. The Balaban J connectivity index is 1.11. The van der Waals surface area contributed by atoms with Crippen molar-refractivity contribution in [1.82, 2.24) is 0 Å². The van der Waals surface area contributed by atoms with Crippen LogP contribution < -0.4 is 0 Å². The molecule has 12 aromatic rings. The van der Waals surface area contributed by atoms with Crippen molar-refractivity contribution in [1.29, 1.82) is 0 Å². The zero-order valence-corrected chi connectivity index (χ0v) is 28.3. The molecule has 0 nitrogen and oxygen atoms in total. The fourth-order valence-corrected chi connectivity index (χ4v) is 9.41. The Kier molecular flexibility index (Phi) is 5.59. The summed E-state index contributed by atoms with van der Waals surface area (Å²) < 4.78 is 0. The van der Waals surface area contributed by atoms with Crippen molar-refractivity contribution >= 4 is 86.2 Å². The maximum Gasteiger partial charge on any atom is -0.00206 e. The van der Waals surface area contributed by atoms with Gasteiger partial charge in [-0.05, 0) is 132 Å². The predicted octanol–water partition coefficient (Wildman–Crippen LogP) is 14.8. The Morgan fingerprint density at radius 1 is 0.192 bits per heavy atom. The standard InChI is InChI=1S/C52H30/c1-2-12-39-37(7-1)29-38(40-23-19-35-17-15-31-8-5-10-33-21-25-46(40)51(35)49(31)33)30-48(39)45-28-27-43(41-13-3-4-14-42(41)45)44-24-20-36-18-16-32-9-6-11-34-22-26-47(44)52(36)50(32)34/h1-30H. The van der Waals surface area contributed by atoms with Crippen LogP contribution in [0.3, 0.4) is 0 Å². The molecule has 0 amide bonds. The molecular weight excluding hydrogens is 625 g/mol. The smallest absolute Gasteiger partial charge is 0.00206 e. The van der Waals surface area contributed by atoms with Gasteiger partial charge in [0, 0.05) is 0 Å². The van der Waals surface area contributed by atoms with Crippen LogP contribution in [0, 0.1) is 0 Å². The fraction of sp³-hybridized carbons (Fsp3) is 0. The normalized spacial score (nSPS) is 12.2. The van der Waals surface area contributed by atoms with Crippen molar-refractivity contribution < 1.29 is 0 Å². The lowest BCUT2D eigenvalue weighted by Gasteiger charge is -2.18. The second kappa shape index (κ2) is 10.4. The van der Waals surface area contributed by atoms with E-state index in [1.165, 1.54) is 120 Å². The van der Waals surface area contributed by atoms with Crippen LogP contribution in [0.25, 0.3) is 120 Å². The Morgan fingerprint density at radius 2 is 0.577 bits per heavy atom. The van der Waals surface area contributed by atoms with Crippen LogP contribution in [0.4, 0.5) is 0 Å². The molecule has 0 unspecified atom stereocenters. The van der Waals surface area contributed by atoms with Crippen LogP contribution in [0.5, 0.6) is 0 Å². The largest absolute Gasteiger partial charge is 0.0616 e. The SMILES string of the molecule is c1ccc2c(-c3ccc(-c4ccc5ccc6cccc7ccc4c5c67)c4ccccc34)cc(-c3ccc4ccc5cccc6ccc3c4c56)cc2c1. The Bertz CT molecular complexity index is 3370. The van der Waals surface area contributed by atoms with Crippen molar-refractivity contribution in [3.8, 4) is 33.4 Å². The van der Waals surface area contributed by atoms with Crippen molar-refractivity contribution in [2.75, 3.05) is 0 Å². The number of rotatable bonds is 3.